The number of fused-ring (bicyclic) bond motifs is 2. The molecule has 102 valence electrons. The van der Waals surface area contributed by atoms with Crippen molar-refractivity contribution in [3.63, 3.8) is 0 Å². The molecule has 0 saturated carbocycles. The number of hydrogen-bond acceptors (Lipinski definition) is 4. The number of anilines is 1. The van der Waals surface area contributed by atoms with Gasteiger partial charge in [0.15, 0.2) is 0 Å². The van der Waals surface area contributed by atoms with Gasteiger partial charge in [-0.05, 0) is 48.4 Å². The minimum Gasteiger partial charge on any atom is -0.399 e. The molecule has 0 atom stereocenters. The minimum atomic E-state index is 0.868. The lowest BCUT2D eigenvalue weighted by molar-refractivity contribution is 0.644. The molecular formula is C15H17N5. The van der Waals surface area contributed by atoms with Gasteiger partial charge >= 0.3 is 0 Å². The Kier molecular flexibility index (Phi) is 3.60. The van der Waals surface area contributed by atoms with Gasteiger partial charge in [-0.2, -0.15) is 0 Å². The smallest absolute Gasteiger partial charge is 0.112 e. The Morgan fingerprint density at radius 1 is 1.05 bits per heavy atom. The summed E-state index contributed by atoms with van der Waals surface area (Å²) in [6, 6.07) is 13.9. The van der Waals surface area contributed by atoms with E-state index in [0.29, 0.717) is 0 Å². The Balaban J connectivity index is 0.000000123. The zero-order valence-corrected chi connectivity index (χ0v) is 11.1. The minimum absolute atomic E-state index is 0.868. The first-order chi connectivity index (χ1) is 9.83. The third-order valence-corrected chi connectivity index (χ3v) is 3.35. The van der Waals surface area contributed by atoms with Crippen molar-refractivity contribution in [2.24, 2.45) is 0 Å². The van der Waals surface area contributed by atoms with Crippen molar-refractivity contribution in [2.75, 3.05) is 12.3 Å². The second-order valence-electron chi connectivity index (χ2n) is 4.78. The molecule has 5 nitrogen and oxygen atoms in total. The van der Waals surface area contributed by atoms with Crippen molar-refractivity contribution in [3.8, 4) is 0 Å². The van der Waals surface area contributed by atoms with E-state index >= 15 is 0 Å². The number of nitrogens with two attached hydrogens (primary N) is 1. The van der Waals surface area contributed by atoms with E-state index in [1.165, 1.54) is 11.1 Å². The van der Waals surface area contributed by atoms with Gasteiger partial charge in [0.25, 0.3) is 0 Å². The number of nitrogen functional groups attached to an aromatic ring is 1. The SMILES string of the molecule is Nc1ccc2c(c1)CNCC2.c1ccc2[nH]nnc2c1. The highest BCUT2D eigenvalue weighted by molar-refractivity contribution is 5.72. The standard InChI is InChI=1S/C9H12N2.C6H5N3/c10-9-2-1-7-3-4-11-6-8(7)5-9;1-2-4-6-5(3-1)7-9-8-6/h1-2,5,11H,3-4,6,10H2;1-4H,(H,7,8,9). The fourth-order valence-corrected chi connectivity index (χ4v) is 2.29. The molecule has 1 aliphatic rings. The maximum absolute atomic E-state index is 5.65. The summed E-state index contributed by atoms with van der Waals surface area (Å²) in [7, 11) is 0. The molecule has 0 bridgehead atoms. The lowest BCUT2D eigenvalue weighted by Gasteiger charge is -2.16. The summed E-state index contributed by atoms with van der Waals surface area (Å²) in [5, 5.41) is 13.5. The summed E-state index contributed by atoms with van der Waals surface area (Å²) in [4.78, 5) is 0. The number of aromatic nitrogens is 3. The summed E-state index contributed by atoms with van der Waals surface area (Å²) >= 11 is 0. The van der Waals surface area contributed by atoms with E-state index in [-0.39, 0.29) is 0 Å². The van der Waals surface area contributed by atoms with Crippen LogP contribution in [0.3, 0.4) is 0 Å². The summed E-state index contributed by atoms with van der Waals surface area (Å²) < 4.78 is 0. The number of nitrogens with one attached hydrogen (secondary N) is 2. The lowest BCUT2D eigenvalue weighted by Crippen LogP contribution is -2.23. The van der Waals surface area contributed by atoms with Crippen LogP contribution in [-0.2, 0) is 13.0 Å². The van der Waals surface area contributed by atoms with Gasteiger partial charge in [-0.3, -0.25) is 5.10 Å². The molecule has 0 radical (unpaired) electrons. The molecule has 20 heavy (non-hydrogen) atoms. The first kappa shape index (κ1) is 12.6. The molecule has 1 aliphatic heterocycles. The third kappa shape index (κ3) is 2.78. The Morgan fingerprint density at radius 2 is 1.95 bits per heavy atom. The van der Waals surface area contributed by atoms with E-state index in [0.717, 1.165) is 36.2 Å². The Labute approximate surface area is 117 Å². The van der Waals surface area contributed by atoms with Crippen LogP contribution in [0.2, 0.25) is 0 Å². The summed E-state index contributed by atoms with van der Waals surface area (Å²) in [6.45, 7) is 2.07. The normalized spacial score (nSPS) is 13.4. The number of rotatable bonds is 0. The van der Waals surface area contributed by atoms with Crippen molar-refractivity contribution in [3.05, 3.63) is 53.6 Å². The van der Waals surface area contributed by atoms with Gasteiger partial charge in [-0.1, -0.05) is 23.4 Å². The highest BCUT2D eigenvalue weighted by atomic mass is 15.3. The second kappa shape index (κ2) is 5.71. The van der Waals surface area contributed by atoms with Gasteiger partial charge in [0.05, 0.1) is 5.52 Å². The zero-order chi connectivity index (χ0) is 13.8. The Morgan fingerprint density at radius 3 is 2.85 bits per heavy atom. The molecule has 0 unspecified atom stereocenters. The Hall–Kier alpha value is -2.40. The number of para-hydroxylation sites is 1. The molecule has 0 saturated heterocycles. The van der Waals surface area contributed by atoms with Crippen molar-refractivity contribution >= 4 is 16.7 Å². The molecule has 5 heteroatoms. The van der Waals surface area contributed by atoms with E-state index < -0.39 is 0 Å². The second-order valence-corrected chi connectivity index (χ2v) is 4.78. The van der Waals surface area contributed by atoms with Crippen molar-refractivity contribution in [2.45, 2.75) is 13.0 Å². The first-order valence-electron chi connectivity index (χ1n) is 6.67. The van der Waals surface area contributed by atoms with Gasteiger partial charge in [0.2, 0.25) is 0 Å². The van der Waals surface area contributed by atoms with E-state index in [9.17, 15) is 0 Å². The van der Waals surface area contributed by atoms with Gasteiger partial charge in [0, 0.05) is 12.2 Å². The molecule has 2 heterocycles. The molecule has 0 aliphatic carbocycles. The number of H-pyrrole nitrogens is 1. The third-order valence-electron chi connectivity index (χ3n) is 3.35. The fourth-order valence-electron chi connectivity index (χ4n) is 2.29. The quantitative estimate of drug-likeness (QED) is 0.543. The van der Waals surface area contributed by atoms with Crippen LogP contribution in [0, 0.1) is 0 Å². The number of aromatic amines is 1. The maximum Gasteiger partial charge on any atom is 0.112 e. The van der Waals surface area contributed by atoms with E-state index in [2.05, 4.69) is 32.9 Å². The monoisotopic (exact) mass is 267 g/mol. The van der Waals surface area contributed by atoms with Crippen LogP contribution >= 0.6 is 0 Å². The van der Waals surface area contributed by atoms with Crippen molar-refractivity contribution in [1.29, 1.82) is 0 Å². The Bertz CT molecular complexity index is 674. The van der Waals surface area contributed by atoms with Crippen molar-refractivity contribution < 1.29 is 0 Å². The molecule has 0 amide bonds. The highest BCUT2D eigenvalue weighted by Crippen LogP contribution is 2.16. The molecule has 4 N–H and O–H groups in total. The van der Waals surface area contributed by atoms with Crippen LogP contribution in [0.4, 0.5) is 5.69 Å². The van der Waals surface area contributed by atoms with E-state index in [4.69, 9.17) is 5.73 Å². The predicted molar refractivity (Wildman–Crippen MR) is 80.2 cm³/mol. The summed E-state index contributed by atoms with van der Waals surface area (Å²) in [5.74, 6) is 0. The van der Waals surface area contributed by atoms with Crippen LogP contribution in [0.15, 0.2) is 42.5 Å². The summed E-state index contributed by atoms with van der Waals surface area (Å²) in [6.07, 6.45) is 1.13. The molecular weight excluding hydrogens is 250 g/mol. The van der Waals surface area contributed by atoms with Crippen LogP contribution in [0.1, 0.15) is 11.1 Å². The average Bonchev–Trinajstić information content (AvgIpc) is 2.96. The van der Waals surface area contributed by atoms with E-state index in [1.807, 2.05) is 30.3 Å². The predicted octanol–water partition coefficient (Wildman–Crippen LogP) is 1.87. The molecule has 0 fully saturated rings. The molecule has 4 rings (SSSR count). The average molecular weight is 267 g/mol. The van der Waals surface area contributed by atoms with Gasteiger partial charge < -0.3 is 11.1 Å². The first-order valence-corrected chi connectivity index (χ1v) is 6.67. The number of benzene rings is 2. The number of hydrogen-bond donors (Lipinski definition) is 3. The molecule has 1 aromatic heterocycles. The largest absolute Gasteiger partial charge is 0.399 e. The molecule has 2 aromatic carbocycles. The van der Waals surface area contributed by atoms with Gasteiger partial charge in [0.1, 0.15) is 5.52 Å². The summed E-state index contributed by atoms with van der Waals surface area (Å²) in [5.41, 5.74) is 11.2. The molecule has 0 spiro atoms. The lowest BCUT2D eigenvalue weighted by atomic mass is 10.0. The van der Waals surface area contributed by atoms with Crippen LogP contribution in [-0.4, -0.2) is 22.0 Å². The van der Waals surface area contributed by atoms with Crippen LogP contribution in [0.5, 0.6) is 0 Å². The van der Waals surface area contributed by atoms with Crippen LogP contribution < -0.4 is 11.1 Å². The topological polar surface area (TPSA) is 79.6 Å². The molecule has 3 aromatic rings. The zero-order valence-electron chi connectivity index (χ0n) is 11.1. The van der Waals surface area contributed by atoms with Gasteiger partial charge in [-0.25, -0.2) is 0 Å². The highest BCUT2D eigenvalue weighted by Gasteiger charge is 2.06. The van der Waals surface area contributed by atoms with Gasteiger partial charge in [-0.15, -0.1) is 5.10 Å². The van der Waals surface area contributed by atoms with Crippen molar-refractivity contribution in [1.82, 2.24) is 20.7 Å². The van der Waals surface area contributed by atoms with Crippen LogP contribution in [0.25, 0.3) is 11.0 Å². The van der Waals surface area contributed by atoms with E-state index in [1.54, 1.807) is 0 Å². The number of nitrogens with zero attached hydrogens (tertiary/aromatic N) is 2. The fraction of sp³-hybridized carbons (Fsp3) is 0.200. The maximum atomic E-state index is 5.65.